The largest absolute Gasteiger partial charge is 0.373 e. The highest BCUT2D eigenvalue weighted by molar-refractivity contribution is 6.33. The Balaban J connectivity index is 1.81. The number of rotatable bonds is 3. The summed E-state index contributed by atoms with van der Waals surface area (Å²) in [6.45, 7) is 4.07. The lowest BCUT2D eigenvalue weighted by Crippen LogP contribution is -2.38. The number of likely N-dealkylation sites (N-methyl/N-ethyl adjacent to an activating group) is 1. The zero-order valence-corrected chi connectivity index (χ0v) is 17.2. The maximum Gasteiger partial charge on any atom is 0.256 e. The Kier molecular flexibility index (Phi) is 5.24. The van der Waals surface area contributed by atoms with Gasteiger partial charge in [-0.05, 0) is 42.5 Å². The molecule has 1 N–H and O–H groups in total. The molecule has 1 aromatic heterocycles. The highest BCUT2D eigenvalue weighted by Crippen LogP contribution is 2.34. The van der Waals surface area contributed by atoms with Gasteiger partial charge in [0.15, 0.2) is 0 Å². The number of carbonyl (C=O) groups is 1. The summed E-state index contributed by atoms with van der Waals surface area (Å²) < 4.78 is 20.0. The molecule has 2 heterocycles. The van der Waals surface area contributed by atoms with Gasteiger partial charge >= 0.3 is 0 Å². The molecule has 1 atom stereocenters. The second-order valence-corrected chi connectivity index (χ2v) is 7.71. The maximum atomic E-state index is 14.4. The number of benzene rings is 2. The number of hydrogen-bond donors (Lipinski definition) is 1. The van der Waals surface area contributed by atoms with Crippen molar-refractivity contribution in [1.29, 1.82) is 0 Å². The average molecular weight is 404 g/mol. The van der Waals surface area contributed by atoms with Crippen molar-refractivity contribution in [1.82, 2.24) is 9.88 Å². The van der Waals surface area contributed by atoms with E-state index in [1.807, 2.05) is 13.0 Å². The monoisotopic (exact) mass is 404 g/mol. The SMILES string of the molecule is [B]c1cc(C(=O)N(C)C2COCc3[nH]c(=O)c4cc(C)c(F)cc4c32)ccc1CC. The minimum absolute atomic E-state index is 0.201. The van der Waals surface area contributed by atoms with Crippen LogP contribution in [0, 0.1) is 12.7 Å². The third-order valence-electron chi connectivity index (χ3n) is 5.84. The third-order valence-corrected chi connectivity index (χ3v) is 5.84. The van der Waals surface area contributed by atoms with Gasteiger partial charge in [-0.25, -0.2) is 4.39 Å². The van der Waals surface area contributed by atoms with Gasteiger partial charge in [0.05, 0.1) is 19.3 Å². The molecule has 2 radical (unpaired) electrons. The Labute approximate surface area is 175 Å². The quantitative estimate of drug-likeness (QED) is 0.683. The summed E-state index contributed by atoms with van der Waals surface area (Å²) in [6, 6.07) is 7.73. The molecule has 1 aliphatic rings. The summed E-state index contributed by atoms with van der Waals surface area (Å²) in [5, 5.41) is 0.905. The number of aromatic nitrogens is 1. The molecule has 152 valence electrons. The topological polar surface area (TPSA) is 62.4 Å². The Bertz CT molecular complexity index is 1220. The van der Waals surface area contributed by atoms with Crippen molar-refractivity contribution >= 4 is 30.0 Å². The van der Waals surface area contributed by atoms with Crippen molar-refractivity contribution in [2.24, 2.45) is 0 Å². The zero-order chi connectivity index (χ0) is 21.6. The molecule has 0 saturated carbocycles. The predicted molar refractivity (Wildman–Crippen MR) is 115 cm³/mol. The number of amides is 1. The summed E-state index contributed by atoms with van der Waals surface area (Å²) >= 11 is 0. The molecule has 7 heteroatoms. The number of hydrogen-bond acceptors (Lipinski definition) is 3. The number of fused-ring (bicyclic) bond motifs is 3. The van der Waals surface area contributed by atoms with Crippen molar-refractivity contribution in [2.45, 2.75) is 32.9 Å². The van der Waals surface area contributed by atoms with Gasteiger partial charge in [0, 0.05) is 29.3 Å². The second-order valence-electron chi connectivity index (χ2n) is 7.71. The van der Waals surface area contributed by atoms with Gasteiger partial charge in [-0.3, -0.25) is 9.59 Å². The highest BCUT2D eigenvalue weighted by Gasteiger charge is 2.31. The maximum absolute atomic E-state index is 14.4. The van der Waals surface area contributed by atoms with Crippen LogP contribution in [-0.4, -0.2) is 37.3 Å². The van der Waals surface area contributed by atoms with E-state index in [0.29, 0.717) is 38.6 Å². The van der Waals surface area contributed by atoms with Crippen LogP contribution >= 0.6 is 0 Å². The number of halogens is 1. The molecule has 0 spiro atoms. The van der Waals surface area contributed by atoms with Crippen LogP contribution in [0.5, 0.6) is 0 Å². The second kappa shape index (κ2) is 7.72. The number of aryl methyl sites for hydroxylation is 2. The third kappa shape index (κ3) is 3.33. The fraction of sp³-hybridized carbons (Fsp3) is 0.304. The number of nitrogens with zero attached hydrogens (tertiary/aromatic N) is 1. The van der Waals surface area contributed by atoms with Crippen LogP contribution in [0.3, 0.4) is 0 Å². The van der Waals surface area contributed by atoms with E-state index in [9.17, 15) is 14.0 Å². The minimum Gasteiger partial charge on any atom is -0.373 e. The first kappa shape index (κ1) is 20.4. The van der Waals surface area contributed by atoms with Gasteiger partial charge in [-0.1, -0.05) is 30.1 Å². The Morgan fingerprint density at radius 2 is 2.07 bits per heavy atom. The minimum atomic E-state index is -0.477. The fourth-order valence-corrected chi connectivity index (χ4v) is 4.08. The standard InChI is InChI=1S/C23H22BFN2O3/c1-4-13-5-6-14(8-17(13)24)23(29)27(3)20-11-30-10-19-21(20)15-9-18(25)12(2)7-16(15)22(28)26-19/h5-9,20H,4,10-11H2,1-3H3,(H,26,28). The first-order chi connectivity index (χ1) is 14.3. The van der Waals surface area contributed by atoms with Gasteiger partial charge < -0.3 is 14.6 Å². The Hall–Kier alpha value is -2.93. The van der Waals surface area contributed by atoms with E-state index in [-0.39, 0.29) is 24.7 Å². The zero-order valence-electron chi connectivity index (χ0n) is 17.2. The van der Waals surface area contributed by atoms with E-state index in [1.54, 1.807) is 37.1 Å². The van der Waals surface area contributed by atoms with Gasteiger partial charge in [0.1, 0.15) is 13.7 Å². The molecule has 1 unspecified atom stereocenters. The fourth-order valence-electron chi connectivity index (χ4n) is 4.08. The Morgan fingerprint density at radius 3 is 2.77 bits per heavy atom. The van der Waals surface area contributed by atoms with Crippen molar-refractivity contribution in [3.63, 3.8) is 0 Å². The van der Waals surface area contributed by atoms with Crippen molar-refractivity contribution in [3.05, 3.63) is 74.5 Å². The lowest BCUT2D eigenvalue weighted by Gasteiger charge is -2.34. The van der Waals surface area contributed by atoms with Crippen molar-refractivity contribution < 1.29 is 13.9 Å². The summed E-state index contributed by atoms with van der Waals surface area (Å²) in [4.78, 5) is 30.1. The molecule has 30 heavy (non-hydrogen) atoms. The summed E-state index contributed by atoms with van der Waals surface area (Å²) in [5.74, 6) is -0.616. The van der Waals surface area contributed by atoms with Crippen LogP contribution in [0.2, 0.25) is 0 Å². The molecule has 0 fully saturated rings. The van der Waals surface area contributed by atoms with Crippen LogP contribution < -0.4 is 11.0 Å². The van der Waals surface area contributed by atoms with Gasteiger partial charge in [-0.15, -0.1) is 0 Å². The van der Waals surface area contributed by atoms with Crippen LogP contribution in [0.15, 0.2) is 35.1 Å². The van der Waals surface area contributed by atoms with Crippen molar-refractivity contribution in [3.8, 4) is 0 Å². The van der Waals surface area contributed by atoms with Crippen molar-refractivity contribution in [2.75, 3.05) is 13.7 Å². The van der Waals surface area contributed by atoms with Crippen LogP contribution in [-0.2, 0) is 17.8 Å². The molecule has 3 aromatic rings. The molecule has 1 aliphatic heterocycles. The van der Waals surface area contributed by atoms with Crippen LogP contribution in [0.25, 0.3) is 10.8 Å². The number of carbonyl (C=O) groups excluding carboxylic acids is 1. The predicted octanol–water partition coefficient (Wildman–Crippen LogP) is 2.68. The number of ether oxygens (including phenoxy) is 1. The highest BCUT2D eigenvalue weighted by atomic mass is 19.1. The van der Waals surface area contributed by atoms with E-state index in [1.165, 1.54) is 6.07 Å². The molecule has 5 nitrogen and oxygen atoms in total. The lowest BCUT2D eigenvalue weighted by molar-refractivity contribution is 0.0336. The normalized spacial score (nSPS) is 15.8. The smallest absolute Gasteiger partial charge is 0.256 e. The van der Waals surface area contributed by atoms with E-state index in [0.717, 1.165) is 12.0 Å². The molecule has 0 bridgehead atoms. The number of pyridine rings is 1. The molecule has 0 saturated heterocycles. The Morgan fingerprint density at radius 1 is 1.30 bits per heavy atom. The lowest BCUT2D eigenvalue weighted by atomic mass is 9.87. The van der Waals surface area contributed by atoms with Crippen LogP contribution in [0.1, 0.15) is 45.7 Å². The van der Waals surface area contributed by atoms with Gasteiger partial charge in [0.25, 0.3) is 11.5 Å². The van der Waals surface area contributed by atoms with E-state index >= 15 is 0 Å². The molecular formula is C23H22BFN2O3. The van der Waals surface area contributed by atoms with Crippen LogP contribution in [0.4, 0.5) is 4.39 Å². The summed E-state index contributed by atoms with van der Waals surface area (Å²) in [7, 11) is 7.75. The summed E-state index contributed by atoms with van der Waals surface area (Å²) in [6.07, 6.45) is 0.782. The molecule has 2 aromatic carbocycles. The van der Waals surface area contributed by atoms with Gasteiger partial charge in [0.2, 0.25) is 0 Å². The molecule has 4 rings (SSSR count). The molecule has 1 amide bonds. The van der Waals surface area contributed by atoms with E-state index in [2.05, 4.69) is 4.98 Å². The molecule has 0 aliphatic carbocycles. The van der Waals surface area contributed by atoms with E-state index in [4.69, 9.17) is 12.6 Å². The summed E-state index contributed by atoms with van der Waals surface area (Å²) in [5.41, 5.74) is 3.39. The molecular weight excluding hydrogens is 382 g/mol. The van der Waals surface area contributed by atoms with E-state index < -0.39 is 11.9 Å². The first-order valence-corrected chi connectivity index (χ1v) is 9.90. The number of nitrogens with one attached hydrogen (secondary N) is 1. The number of H-pyrrole nitrogens is 1. The number of aromatic amines is 1. The van der Waals surface area contributed by atoms with Gasteiger partial charge in [-0.2, -0.15) is 0 Å². The average Bonchev–Trinajstić information content (AvgIpc) is 2.73. The first-order valence-electron chi connectivity index (χ1n) is 9.90.